The molecule has 2 aromatic heterocycles. The van der Waals surface area contributed by atoms with Crippen LogP contribution in [0.1, 0.15) is 26.0 Å². The Morgan fingerprint density at radius 2 is 2.21 bits per heavy atom. The van der Waals surface area contributed by atoms with E-state index in [1.54, 1.807) is 6.33 Å². The third-order valence-corrected chi connectivity index (χ3v) is 6.37. The Bertz CT molecular complexity index is 610. The van der Waals surface area contributed by atoms with Gasteiger partial charge < -0.3 is 4.90 Å². The highest BCUT2D eigenvalue weighted by atomic mass is 79.9. The third-order valence-electron chi connectivity index (χ3n) is 3.82. The third kappa shape index (κ3) is 2.25. The van der Waals surface area contributed by atoms with Gasteiger partial charge in [0, 0.05) is 17.9 Å². The van der Waals surface area contributed by atoms with Crippen molar-refractivity contribution in [3.05, 3.63) is 12.0 Å². The van der Waals surface area contributed by atoms with E-state index in [9.17, 15) is 0 Å². The molecule has 6 heteroatoms. The average molecular weight is 341 g/mol. The van der Waals surface area contributed by atoms with Crippen LogP contribution in [0.25, 0.3) is 10.2 Å². The molecule has 0 aromatic carbocycles. The maximum Gasteiger partial charge on any atom is 0.149 e. The summed E-state index contributed by atoms with van der Waals surface area (Å²) in [5.41, 5.74) is 1.28. The molecule has 4 nitrogen and oxygen atoms in total. The first kappa shape index (κ1) is 13.2. The minimum atomic E-state index is 0.243. The summed E-state index contributed by atoms with van der Waals surface area (Å²) in [6.45, 7) is 8.67. The summed E-state index contributed by atoms with van der Waals surface area (Å²) in [5.74, 6) is 1.05. The van der Waals surface area contributed by atoms with Gasteiger partial charge in [0.05, 0.1) is 11.1 Å². The van der Waals surface area contributed by atoms with Gasteiger partial charge in [0.2, 0.25) is 0 Å². The second kappa shape index (κ2) is 4.66. The lowest BCUT2D eigenvalue weighted by molar-refractivity contribution is 0.309. The predicted octanol–water partition coefficient (Wildman–Crippen LogP) is 3.39. The van der Waals surface area contributed by atoms with Crippen molar-refractivity contribution in [1.29, 1.82) is 0 Å². The van der Waals surface area contributed by atoms with Gasteiger partial charge in [-0.15, -0.1) is 0 Å². The Balaban J connectivity index is 2.03. The minimum Gasteiger partial charge on any atom is -0.355 e. The van der Waals surface area contributed by atoms with Gasteiger partial charge in [0.15, 0.2) is 0 Å². The fourth-order valence-electron chi connectivity index (χ4n) is 2.65. The standard InChI is InChI=1S/C13H17BrN4S/c1-8-10-11(15-7-16-12(10)19-17-8)18-5-4-9(14)13(2,3)6-18/h7,9H,4-6H2,1-3H3. The fraction of sp³-hybridized carbons (Fsp3) is 0.615. The Kier molecular flexibility index (Phi) is 3.25. The van der Waals surface area contributed by atoms with Gasteiger partial charge in [0.1, 0.15) is 17.0 Å². The summed E-state index contributed by atoms with van der Waals surface area (Å²) >= 11 is 5.25. The number of nitrogens with zero attached hydrogens (tertiary/aromatic N) is 4. The number of aryl methyl sites for hydroxylation is 1. The molecule has 1 aliphatic heterocycles. The molecule has 0 amide bonds. The maximum atomic E-state index is 4.52. The Morgan fingerprint density at radius 3 is 2.95 bits per heavy atom. The number of rotatable bonds is 1. The van der Waals surface area contributed by atoms with Crippen LogP contribution in [-0.4, -0.2) is 32.3 Å². The van der Waals surface area contributed by atoms with E-state index >= 15 is 0 Å². The summed E-state index contributed by atoms with van der Waals surface area (Å²) in [5, 5.41) is 1.12. The molecular weight excluding hydrogens is 324 g/mol. The smallest absolute Gasteiger partial charge is 0.149 e. The molecule has 1 atom stereocenters. The van der Waals surface area contributed by atoms with Crippen LogP contribution < -0.4 is 4.90 Å². The zero-order valence-electron chi connectivity index (χ0n) is 11.4. The van der Waals surface area contributed by atoms with Crippen molar-refractivity contribution in [2.24, 2.45) is 5.41 Å². The first-order valence-corrected chi connectivity index (χ1v) is 8.14. The van der Waals surface area contributed by atoms with E-state index in [0.29, 0.717) is 4.83 Å². The molecule has 0 N–H and O–H groups in total. The van der Waals surface area contributed by atoms with E-state index in [0.717, 1.165) is 41.2 Å². The quantitative estimate of drug-likeness (QED) is 0.746. The molecule has 0 bridgehead atoms. The van der Waals surface area contributed by atoms with Crippen molar-refractivity contribution in [1.82, 2.24) is 14.3 Å². The Morgan fingerprint density at radius 1 is 1.42 bits per heavy atom. The number of fused-ring (bicyclic) bond motifs is 1. The van der Waals surface area contributed by atoms with Crippen molar-refractivity contribution in [3.63, 3.8) is 0 Å². The molecule has 3 heterocycles. The van der Waals surface area contributed by atoms with Gasteiger partial charge in [-0.2, -0.15) is 4.37 Å². The topological polar surface area (TPSA) is 41.9 Å². The summed E-state index contributed by atoms with van der Waals surface area (Å²) in [6, 6.07) is 0. The molecule has 1 unspecified atom stereocenters. The van der Waals surface area contributed by atoms with Crippen molar-refractivity contribution in [2.75, 3.05) is 18.0 Å². The van der Waals surface area contributed by atoms with E-state index in [1.165, 1.54) is 11.5 Å². The highest BCUT2D eigenvalue weighted by molar-refractivity contribution is 9.09. The first-order chi connectivity index (χ1) is 8.99. The number of hydrogen-bond acceptors (Lipinski definition) is 5. The summed E-state index contributed by atoms with van der Waals surface area (Å²) in [4.78, 5) is 12.8. The van der Waals surface area contributed by atoms with Crippen LogP contribution in [0.5, 0.6) is 0 Å². The molecule has 2 aromatic rings. The minimum absolute atomic E-state index is 0.243. The van der Waals surface area contributed by atoms with Gasteiger partial charge >= 0.3 is 0 Å². The van der Waals surface area contributed by atoms with Gasteiger partial charge in [-0.1, -0.05) is 29.8 Å². The number of aromatic nitrogens is 3. The zero-order valence-corrected chi connectivity index (χ0v) is 13.8. The van der Waals surface area contributed by atoms with Crippen LogP contribution in [0.15, 0.2) is 6.33 Å². The molecule has 19 heavy (non-hydrogen) atoms. The number of halogens is 1. The predicted molar refractivity (Wildman–Crippen MR) is 83.3 cm³/mol. The molecule has 102 valence electrons. The fourth-order valence-corrected chi connectivity index (χ4v) is 3.74. The number of alkyl halides is 1. The van der Waals surface area contributed by atoms with Crippen LogP contribution in [0.3, 0.4) is 0 Å². The van der Waals surface area contributed by atoms with E-state index in [2.05, 4.69) is 49.0 Å². The van der Waals surface area contributed by atoms with Crippen LogP contribution >= 0.6 is 27.5 Å². The molecule has 1 fully saturated rings. The lowest BCUT2D eigenvalue weighted by Crippen LogP contribution is -2.46. The van der Waals surface area contributed by atoms with Gasteiger partial charge in [-0.05, 0) is 30.3 Å². The summed E-state index contributed by atoms with van der Waals surface area (Å²) < 4.78 is 4.41. The molecule has 0 aliphatic carbocycles. The van der Waals surface area contributed by atoms with E-state index in [4.69, 9.17) is 0 Å². The molecule has 0 spiro atoms. The zero-order chi connectivity index (χ0) is 13.6. The Labute approximate surface area is 125 Å². The molecule has 0 saturated carbocycles. The Hall–Kier alpha value is -0.750. The van der Waals surface area contributed by atoms with Crippen molar-refractivity contribution in [3.8, 4) is 0 Å². The van der Waals surface area contributed by atoms with E-state index in [1.807, 2.05) is 6.92 Å². The summed E-state index contributed by atoms with van der Waals surface area (Å²) in [6.07, 6.45) is 2.79. The molecule has 1 aliphatic rings. The highest BCUT2D eigenvalue weighted by Gasteiger charge is 2.35. The average Bonchev–Trinajstić information content (AvgIpc) is 2.75. The molecular formula is C13H17BrN4S. The van der Waals surface area contributed by atoms with Crippen LogP contribution in [0.2, 0.25) is 0 Å². The van der Waals surface area contributed by atoms with Crippen LogP contribution in [0, 0.1) is 12.3 Å². The molecule has 1 saturated heterocycles. The van der Waals surface area contributed by atoms with E-state index < -0.39 is 0 Å². The lowest BCUT2D eigenvalue weighted by atomic mass is 9.84. The number of anilines is 1. The largest absolute Gasteiger partial charge is 0.355 e. The van der Waals surface area contributed by atoms with Crippen molar-refractivity contribution in [2.45, 2.75) is 32.0 Å². The van der Waals surface area contributed by atoms with Gasteiger partial charge in [0.25, 0.3) is 0 Å². The highest BCUT2D eigenvalue weighted by Crippen LogP contribution is 2.38. The van der Waals surface area contributed by atoms with Crippen LogP contribution in [-0.2, 0) is 0 Å². The molecule has 0 radical (unpaired) electrons. The number of piperidine rings is 1. The number of hydrogen-bond donors (Lipinski definition) is 0. The van der Waals surface area contributed by atoms with Crippen LogP contribution in [0.4, 0.5) is 5.82 Å². The summed E-state index contributed by atoms with van der Waals surface area (Å²) in [7, 11) is 0. The molecule has 3 rings (SSSR count). The lowest BCUT2D eigenvalue weighted by Gasteiger charge is -2.42. The van der Waals surface area contributed by atoms with E-state index in [-0.39, 0.29) is 5.41 Å². The van der Waals surface area contributed by atoms with Crippen molar-refractivity contribution < 1.29 is 0 Å². The SMILES string of the molecule is Cc1nsc2ncnc(N3CCC(Br)C(C)(C)C3)c12. The normalized spacial score (nSPS) is 22.9. The first-order valence-electron chi connectivity index (χ1n) is 6.45. The maximum absolute atomic E-state index is 4.52. The monoisotopic (exact) mass is 340 g/mol. The van der Waals surface area contributed by atoms with Crippen molar-refractivity contribution >= 4 is 43.5 Å². The second-order valence-corrected chi connectivity index (χ2v) is 7.67. The van der Waals surface area contributed by atoms with Gasteiger partial charge in [-0.3, -0.25) is 0 Å². The van der Waals surface area contributed by atoms with Gasteiger partial charge in [-0.25, -0.2) is 9.97 Å². The second-order valence-electron chi connectivity index (χ2n) is 5.81.